The SMILES string of the molecule is CCOCCn1nc(-c2cocn2)c2c1CCN(C(=O)Nc1ccccc1F)C2. The highest BCUT2D eigenvalue weighted by Crippen LogP contribution is 2.29. The highest BCUT2D eigenvalue weighted by molar-refractivity contribution is 5.89. The van der Waals surface area contributed by atoms with Crippen LogP contribution in [0.4, 0.5) is 14.9 Å². The first kappa shape index (κ1) is 19.1. The zero-order valence-corrected chi connectivity index (χ0v) is 16.1. The van der Waals surface area contributed by atoms with Gasteiger partial charge in [-0.3, -0.25) is 4.68 Å². The summed E-state index contributed by atoms with van der Waals surface area (Å²) in [5, 5.41) is 7.34. The Bertz CT molecular complexity index is 986. The maximum atomic E-state index is 13.9. The maximum absolute atomic E-state index is 13.9. The number of aromatic nitrogens is 3. The summed E-state index contributed by atoms with van der Waals surface area (Å²) in [6.45, 7) is 4.63. The van der Waals surface area contributed by atoms with Gasteiger partial charge in [0, 0.05) is 30.8 Å². The van der Waals surface area contributed by atoms with Gasteiger partial charge in [0.05, 0.1) is 25.4 Å². The van der Waals surface area contributed by atoms with E-state index in [0.29, 0.717) is 50.7 Å². The number of fused-ring (bicyclic) bond motifs is 1. The molecule has 9 heteroatoms. The molecule has 0 radical (unpaired) electrons. The third-order valence-electron chi connectivity index (χ3n) is 4.86. The van der Waals surface area contributed by atoms with Crippen LogP contribution in [0.25, 0.3) is 11.4 Å². The van der Waals surface area contributed by atoms with E-state index < -0.39 is 5.82 Å². The number of nitrogens with one attached hydrogen (secondary N) is 1. The van der Waals surface area contributed by atoms with Crippen LogP contribution in [0.15, 0.2) is 41.3 Å². The molecule has 2 aromatic heterocycles. The summed E-state index contributed by atoms with van der Waals surface area (Å²) < 4.78 is 26.4. The number of hydrogen-bond donors (Lipinski definition) is 1. The number of carbonyl (C=O) groups is 1. The van der Waals surface area contributed by atoms with Gasteiger partial charge in [-0.25, -0.2) is 14.2 Å². The fraction of sp³-hybridized carbons (Fsp3) is 0.350. The molecule has 0 spiro atoms. The molecule has 0 saturated carbocycles. The highest BCUT2D eigenvalue weighted by atomic mass is 19.1. The number of rotatable bonds is 6. The van der Waals surface area contributed by atoms with Gasteiger partial charge in [0.15, 0.2) is 6.39 Å². The second-order valence-corrected chi connectivity index (χ2v) is 6.65. The van der Waals surface area contributed by atoms with E-state index in [1.165, 1.54) is 24.8 Å². The molecule has 1 aliphatic rings. The van der Waals surface area contributed by atoms with Crippen LogP contribution in [-0.2, 0) is 24.2 Å². The predicted octanol–water partition coefficient (Wildman–Crippen LogP) is 3.30. The minimum atomic E-state index is -0.467. The van der Waals surface area contributed by atoms with E-state index in [9.17, 15) is 9.18 Å². The molecule has 2 amide bonds. The molecule has 0 saturated heterocycles. The number of benzene rings is 1. The molecule has 3 heterocycles. The number of halogens is 1. The van der Waals surface area contributed by atoms with Crippen molar-refractivity contribution in [3.05, 3.63) is 54.0 Å². The lowest BCUT2D eigenvalue weighted by Crippen LogP contribution is -2.39. The number of anilines is 1. The smallest absolute Gasteiger partial charge is 0.322 e. The molecule has 1 aliphatic heterocycles. The summed E-state index contributed by atoms with van der Waals surface area (Å²) in [6, 6.07) is 5.76. The average Bonchev–Trinajstić information content (AvgIpc) is 3.37. The van der Waals surface area contributed by atoms with Crippen molar-refractivity contribution in [2.24, 2.45) is 0 Å². The normalized spacial score (nSPS) is 13.4. The lowest BCUT2D eigenvalue weighted by Gasteiger charge is -2.28. The number of oxazole rings is 1. The number of ether oxygens (including phenoxy) is 1. The zero-order chi connectivity index (χ0) is 20.2. The third-order valence-corrected chi connectivity index (χ3v) is 4.86. The van der Waals surface area contributed by atoms with Crippen LogP contribution in [0.3, 0.4) is 0 Å². The maximum Gasteiger partial charge on any atom is 0.322 e. The largest absolute Gasteiger partial charge is 0.451 e. The summed E-state index contributed by atoms with van der Waals surface area (Å²) in [5.41, 5.74) is 3.44. The quantitative estimate of drug-likeness (QED) is 0.643. The van der Waals surface area contributed by atoms with E-state index in [0.717, 1.165) is 11.3 Å². The molecule has 152 valence electrons. The number of amides is 2. The zero-order valence-electron chi connectivity index (χ0n) is 16.1. The molecule has 0 unspecified atom stereocenters. The van der Waals surface area contributed by atoms with E-state index in [2.05, 4.69) is 10.3 Å². The third kappa shape index (κ3) is 4.00. The van der Waals surface area contributed by atoms with Crippen LogP contribution in [0.5, 0.6) is 0 Å². The van der Waals surface area contributed by atoms with E-state index >= 15 is 0 Å². The van der Waals surface area contributed by atoms with Gasteiger partial charge in [-0.2, -0.15) is 5.10 Å². The highest BCUT2D eigenvalue weighted by Gasteiger charge is 2.29. The van der Waals surface area contributed by atoms with Crippen LogP contribution in [-0.4, -0.2) is 45.5 Å². The number of urea groups is 1. The minimum Gasteiger partial charge on any atom is -0.451 e. The second kappa shape index (κ2) is 8.44. The number of para-hydroxylation sites is 1. The van der Waals surface area contributed by atoms with Gasteiger partial charge in [-0.1, -0.05) is 12.1 Å². The van der Waals surface area contributed by atoms with Gasteiger partial charge >= 0.3 is 6.03 Å². The number of carbonyl (C=O) groups excluding carboxylic acids is 1. The summed E-state index contributed by atoms with van der Waals surface area (Å²) in [5.74, 6) is -0.467. The Labute approximate surface area is 167 Å². The summed E-state index contributed by atoms with van der Waals surface area (Å²) >= 11 is 0. The van der Waals surface area contributed by atoms with Gasteiger partial charge in [-0.15, -0.1) is 0 Å². The lowest BCUT2D eigenvalue weighted by molar-refractivity contribution is 0.135. The van der Waals surface area contributed by atoms with E-state index in [-0.39, 0.29) is 11.7 Å². The van der Waals surface area contributed by atoms with E-state index in [4.69, 9.17) is 14.3 Å². The molecule has 0 bridgehead atoms. The Morgan fingerprint density at radius 2 is 2.24 bits per heavy atom. The Morgan fingerprint density at radius 3 is 3.00 bits per heavy atom. The minimum absolute atomic E-state index is 0.160. The van der Waals surface area contributed by atoms with Crippen LogP contribution < -0.4 is 5.32 Å². The Kier molecular flexibility index (Phi) is 5.57. The molecule has 3 aromatic rings. The molecular weight excluding hydrogens is 377 g/mol. The topological polar surface area (TPSA) is 85.4 Å². The molecule has 1 aromatic carbocycles. The second-order valence-electron chi connectivity index (χ2n) is 6.65. The summed E-state index contributed by atoms with van der Waals surface area (Å²) in [4.78, 5) is 18.6. The van der Waals surface area contributed by atoms with Crippen molar-refractivity contribution in [1.82, 2.24) is 19.7 Å². The molecule has 4 rings (SSSR count). The number of hydrogen-bond acceptors (Lipinski definition) is 5. The Morgan fingerprint density at radius 1 is 1.38 bits per heavy atom. The molecule has 0 atom stereocenters. The first-order chi connectivity index (χ1) is 14.2. The van der Waals surface area contributed by atoms with Gasteiger partial charge < -0.3 is 19.4 Å². The van der Waals surface area contributed by atoms with Crippen molar-refractivity contribution < 1.29 is 18.3 Å². The molecule has 0 fully saturated rings. The standard InChI is InChI=1S/C20H22FN5O3/c1-2-28-10-9-26-18-7-8-25(20(27)23-16-6-4-3-5-15(16)21)11-14(18)19(24-26)17-12-29-13-22-17/h3-6,12-13H,2,7-11H2,1H3,(H,23,27). The van der Waals surface area contributed by atoms with Crippen molar-refractivity contribution in [3.63, 3.8) is 0 Å². The van der Waals surface area contributed by atoms with E-state index in [1.54, 1.807) is 17.0 Å². The molecule has 1 N–H and O–H groups in total. The number of nitrogens with zero attached hydrogens (tertiary/aromatic N) is 4. The van der Waals surface area contributed by atoms with Crippen molar-refractivity contribution in [1.29, 1.82) is 0 Å². The molecular formula is C20H22FN5O3. The summed E-state index contributed by atoms with van der Waals surface area (Å²) in [7, 11) is 0. The molecule has 29 heavy (non-hydrogen) atoms. The van der Waals surface area contributed by atoms with Crippen molar-refractivity contribution in [2.75, 3.05) is 25.1 Å². The van der Waals surface area contributed by atoms with Crippen molar-refractivity contribution in [2.45, 2.75) is 26.4 Å². The Hall–Kier alpha value is -3.20. The van der Waals surface area contributed by atoms with Gasteiger partial charge in [0.2, 0.25) is 0 Å². The van der Waals surface area contributed by atoms with Crippen molar-refractivity contribution in [3.8, 4) is 11.4 Å². The van der Waals surface area contributed by atoms with E-state index in [1.807, 2.05) is 11.6 Å². The van der Waals surface area contributed by atoms with Gasteiger partial charge in [-0.05, 0) is 19.1 Å². The van der Waals surface area contributed by atoms with Gasteiger partial charge in [0.1, 0.15) is 23.5 Å². The molecule has 0 aliphatic carbocycles. The summed E-state index contributed by atoms with van der Waals surface area (Å²) in [6.07, 6.45) is 3.53. The average molecular weight is 399 g/mol. The van der Waals surface area contributed by atoms with Crippen LogP contribution in [0, 0.1) is 5.82 Å². The first-order valence-corrected chi connectivity index (χ1v) is 9.52. The fourth-order valence-corrected chi connectivity index (χ4v) is 3.44. The van der Waals surface area contributed by atoms with Gasteiger partial charge in [0.25, 0.3) is 0 Å². The van der Waals surface area contributed by atoms with Crippen molar-refractivity contribution >= 4 is 11.7 Å². The fourth-order valence-electron chi connectivity index (χ4n) is 3.44. The van der Waals surface area contributed by atoms with Crippen LogP contribution in [0.2, 0.25) is 0 Å². The first-order valence-electron chi connectivity index (χ1n) is 9.52. The Balaban J connectivity index is 1.57. The van der Waals surface area contributed by atoms with Crippen LogP contribution >= 0.6 is 0 Å². The lowest BCUT2D eigenvalue weighted by atomic mass is 10.0. The van der Waals surface area contributed by atoms with Crippen LogP contribution in [0.1, 0.15) is 18.2 Å². The monoisotopic (exact) mass is 399 g/mol. The predicted molar refractivity (Wildman–Crippen MR) is 104 cm³/mol. The molecule has 8 nitrogen and oxygen atoms in total.